The summed E-state index contributed by atoms with van der Waals surface area (Å²) < 4.78 is 0. The molecule has 0 spiro atoms. The number of hydrogen-bond acceptors (Lipinski definition) is 5. The molecule has 114 valence electrons. The highest BCUT2D eigenvalue weighted by atomic mass is 32.1. The second-order valence-electron chi connectivity index (χ2n) is 6.34. The van der Waals surface area contributed by atoms with E-state index in [4.69, 9.17) is 4.98 Å². The van der Waals surface area contributed by atoms with E-state index in [1.807, 2.05) is 11.3 Å². The minimum atomic E-state index is 0.520. The van der Waals surface area contributed by atoms with E-state index < -0.39 is 0 Å². The molecule has 5 heteroatoms. The van der Waals surface area contributed by atoms with Crippen molar-refractivity contribution in [1.29, 1.82) is 0 Å². The summed E-state index contributed by atoms with van der Waals surface area (Å²) in [6, 6.07) is 0.520. The van der Waals surface area contributed by atoms with Gasteiger partial charge in [-0.25, -0.2) is 4.98 Å². The smallest absolute Gasteiger partial charge is 0.185 e. The maximum Gasteiger partial charge on any atom is 0.185 e. The zero-order valence-corrected chi connectivity index (χ0v) is 14.3. The van der Waals surface area contributed by atoms with E-state index in [0.717, 1.165) is 24.1 Å². The molecule has 1 aliphatic heterocycles. The monoisotopic (exact) mass is 296 g/mol. The quantitative estimate of drug-likeness (QED) is 0.873. The first kappa shape index (κ1) is 15.7. The molecule has 2 heterocycles. The third-order valence-corrected chi connectivity index (χ3v) is 5.17. The summed E-state index contributed by atoms with van der Waals surface area (Å²) in [4.78, 5) is 10.9. The van der Waals surface area contributed by atoms with Crippen LogP contribution >= 0.6 is 11.3 Å². The zero-order valence-electron chi connectivity index (χ0n) is 13.4. The zero-order chi connectivity index (χ0) is 14.7. The van der Waals surface area contributed by atoms with Gasteiger partial charge in [-0.15, -0.1) is 11.3 Å². The highest BCUT2D eigenvalue weighted by Gasteiger charge is 2.22. The van der Waals surface area contributed by atoms with Gasteiger partial charge in [-0.2, -0.15) is 0 Å². The topological polar surface area (TPSA) is 31.4 Å². The van der Waals surface area contributed by atoms with E-state index in [1.54, 1.807) is 0 Å². The van der Waals surface area contributed by atoms with Gasteiger partial charge in [-0.3, -0.25) is 0 Å². The highest BCUT2D eigenvalue weighted by molar-refractivity contribution is 7.15. The Morgan fingerprint density at radius 3 is 2.85 bits per heavy atom. The van der Waals surface area contributed by atoms with Crippen LogP contribution in [0.25, 0.3) is 0 Å². The summed E-state index contributed by atoms with van der Waals surface area (Å²) >= 11 is 1.83. The molecule has 1 aromatic heterocycles. The molecule has 1 saturated heterocycles. The molecule has 0 aliphatic carbocycles. The Hall–Kier alpha value is -0.650. The molecule has 1 atom stereocenters. The van der Waals surface area contributed by atoms with Gasteiger partial charge in [0.2, 0.25) is 0 Å². The van der Waals surface area contributed by atoms with E-state index in [0.29, 0.717) is 6.04 Å². The molecule has 0 radical (unpaired) electrons. The van der Waals surface area contributed by atoms with Crippen LogP contribution in [0.2, 0.25) is 0 Å². The van der Waals surface area contributed by atoms with Gasteiger partial charge in [0.25, 0.3) is 0 Å². The fraction of sp³-hybridized carbons (Fsp3) is 0.800. The Kier molecular flexibility index (Phi) is 5.41. The number of aromatic nitrogens is 1. The molecule has 1 N–H and O–H groups in total. The van der Waals surface area contributed by atoms with Gasteiger partial charge < -0.3 is 15.1 Å². The van der Waals surface area contributed by atoms with Crippen molar-refractivity contribution in [3.63, 3.8) is 0 Å². The van der Waals surface area contributed by atoms with Gasteiger partial charge in [-0.05, 0) is 32.9 Å². The highest BCUT2D eigenvalue weighted by Crippen LogP contribution is 2.27. The van der Waals surface area contributed by atoms with Gasteiger partial charge in [0, 0.05) is 37.6 Å². The second kappa shape index (κ2) is 6.87. The molecular weight excluding hydrogens is 268 g/mol. The first-order chi connectivity index (χ1) is 9.45. The number of thiazole rings is 1. The fourth-order valence-electron chi connectivity index (χ4n) is 2.68. The van der Waals surface area contributed by atoms with Crippen LogP contribution in [0, 0.1) is 12.8 Å². The van der Waals surface area contributed by atoms with Crippen LogP contribution in [-0.4, -0.2) is 49.7 Å². The van der Waals surface area contributed by atoms with E-state index in [2.05, 4.69) is 50.0 Å². The summed E-state index contributed by atoms with van der Waals surface area (Å²) in [5, 5.41) is 4.64. The molecular formula is C15H28N4S. The lowest BCUT2D eigenvalue weighted by molar-refractivity contribution is 0.396. The Morgan fingerprint density at radius 2 is 2.25 bits per heavy atom. The van der Waals surface area contributed by atoms with Gasteiger partial charge in [-0.1, -0.05) is 13.8 Å². The largest absolute Gasteiger partial charge is 0.351 e. The standard InChI is InChI=1S/C15H28N4S/c1-11(2)16-8-14-12(3)17-15(20-14)19(5)10-13-6-7-18(4)9-13/h11,13,16H,6-10H2,1-5H3. The number of rotatable bonds is 6. The molecule has 0 amide bonds. The van der Waals surface area contributed by atoms with Crippen LogP contribution in [0.3, 0.4) is 0 Å². The van der Waals surface area contributed by atoms with Crippen molar-refractivity contribution in [2.45, 2.75) is 39.8 Å². The lowest BCUT2D eigenvalue weighted by Crippen LogP contribution is -2.27. The van der Waals surface area contributed by atoms with Gasteiger partial charge in [0.15, 0.2) is 5.13 Å². The number of nitrogens with zero attached hydrogens (tertiary/aromatic N) is 3. The molecule has 1 fully saturated rings. The normalized spacial score (nSPS) is 20.0. The lowest BCUT2D eigenvalue weighted by Gasteiger charge is -2.20. The second-order valence-corrected chi connectivity index (χ2v) is 7.40. The van der Waals surface area contributed by atoms with Crippen LogP contribution in [0.15, 0.2) is 0 Å². The predicted molar refractivity (Wildman–Crippen MR) is 87.7 cm³/mol. The fourth-order valence-corrected chi connectivity index (χ4v) is 3.66. The summed E-state index contributed by atoms with van der Waals surface area (Å²) in [5.74, 6) is 0.784. The third kappa shape index (κ3) is 4.17. The van der Waals surface area contributed by atoms with E-state index >= 15 is 0 Å². The minimum Gasteiger partial charge on any atom is -0.351 e. The molecule has 0 bridgehead atoms. The van der Waals surface area contributed by atoms with Crippen molar-refractivity contribution in [3.8, 4) is 0 Å². The van der Waals surface area contributed by atoms with E-state index in [9.17, 15) is 0 Å². The van der Waals surface area contributed by atoms with Crippen LogP contribution in [-0.2, 0) is 6.54 Å². The molecule has 0 aromatic carbocycles. The summed E-state index contributed by atoms with van der Waals surface area (Å²) in [7, 11) is 4.39. The molecule has 1 aliphatic rings. The van der Waals surface area contributed by atoms with Gasteiger partial charge in [0.1, 0.15) is 0 Å². The Bertz CT molecular complexity index is 430. The summed E-state index contributed by atoms with van der Waals surface area (Å²) in [6.07, 6.45) is 1.31. The van der Waals surface area contributed by atoms with Crippen molar-refractivity contribution in [1.82, 2.24) is 15.2 Å². The number of likely N-dealkylation sites (tertiary alicyclic amines) is 1. The van der Waals surface area contributed by atoms with Crippen molar-refractivity contribution < 1.29 is 0 Å². The molecule has 2 rings (SSSR count). The first-order valence-corrected chi connectivity index (χ1v) is 8.36. The number of nitrogens with one attached hydrogen (secondary N) is 1. The number of aryl methyl sites for hydroxylation is 1. The molecule has 4 nitrogen and oxygen atoms in total. The van der Waals surface area contributed by atoms with Crippen LogP contribution in [0.5, 0.6) is 0 Å². The van der Waals surface area contributed by atoms with Gasteiger partial charge in [0.05, 0.1) is 5.69 Å². The minimum absolute atomic E-state index is 0.520. The Morgan fingerprint density at radius 1 is 1.50 bits per heavy atom. The molecule has 1 aromatic rings. The predicted octanol–water partition coefficient (Wildman–Crippen LogP) is 2.34. The van der Waals surface area contributed by atoms with Crippen molar-refractivity contribution in [3.05, 3.63) is 10.6 Å². The van der Waals surface area contributed by atoms with Gasteiger partial charge >= 0.3 is 0 Å². The maximum absolute atomic E-state index is 4.74. The average molecular weight is 296 g/mol. The average Bonchev–Trinajstić information content (AvgIpc) is 2.93. The van der Waals surface area contributed by atoms with Crippen LogP contribution in [0.4, 0.5) is 5.13 Å². The van der Waals surface area contributed by atoms with Crippen LogP contribution < -0.4 is 10.2 Å². The van der Waals surface area contributed by atoms with E-state index in [1.165, 1.54) is 30.1 Å². The Labute approximate surface area is 127 Å². The van der Waals surface area contributed by atoms with Crippen molar-refractivity contribution >= 4 is 16.5 Å². The third-order valence-electron chi connectivity index (χ3n) is 3.90. The van der Waals surface area contributed by atoms with Crippen molar-refractivity contribution in [2.75, 3.05) is 38.6 Å². The maximum atomic E-state index is 4.74. The summed E-state index contributed by atoms with van der Waals surface area (Å²) in [5.41, 5.74) is 1.17. The molecule has 0 saturated carbocycles. The lowest BCUT2D eigenvalue weighted by atomic mass is 10.1. The first-order valence-electron chi connectivity index (χ1n) is 7.55. The summed E-state index contributed by atoms with van der Waals surface area (Å²) in [6.45, 7) is 11.0. The molecule has 20 heavy (non-hydrogen) atoms. The van der Waals surface area contributed by atoms with Crippen molar-refractivity contribution in [2.24, 2.45) is 5.92 Å². The SMILES string of the molecule is Cc1nc(N(C)CC2CCN(C)C2)sc1CNC(C)C. The Balaban J connectivity index is 1.92. The number of hydrogen-bond donors (Lipinski definition) is 1. The number of anilines is 1. The van der Waals surface area contributed by atoms with Crippen LogP contribution in [0.1, 0.15) is 30.8 Å². The molecule has 1 unspecified atom stereocenters. The van der Waals surface area contributed by atoms with E-state index in [-0.39, 0.29) is 0 Å².